The highest BCUT2D eigenvalue weighted by Crippen LogP contribution is 2.45. The van der Waals surface area contributed by atoms with Gasteiger partial charge >= 0.3 is 0 Å². The van der Waals surface area contributed by atoms with Gasteiger partial charge in [0, 0.05) is 39.0 Å². The van der Waals surface area contributed by atoms with E-state index in [1.165, 1.54) is 48.8 Å². The molecule has 0 saturated carbocycles. The van der Waals surface area contributed by atoms with E-state index in [0.717, 1.165) is 44.4 Å². The zero-order valence-corrected chi connectivity index (χ0v) is 26.1. The molecular weight excluding hydrogens is 583 g/mol. The standard InChI is InChI=1S/C46H29NO/c1-2-10-30(11-3-1)31-20-23-35(24-21-31)47(36-25-27-40-42-26-22-33-13-5-7-15-38(33)46(42)48-44(40)29-36)43-28-34-19-18-32-12-4-6-14-37(32)45(34)41-17-9-8-16-39(41)43/h1-29H. The van der Waals surface area contributed by atoms with Crippen molar-refractivity contribution in [3.05, 3.63) is 176 Å². The third-order valence-electron chi connectivity index (χ3n) is 9.80. The molecule has 0 spiro atoms. The summed E-state index contributed by atoms with van der Waals surface area (Å²) in [5.41, 5.74) is 7.46. The monoisotopic (exact) mass is 611 g/mol. The molecule has 0 aliphatic rings. The molecule has 2 heteroatoms. The smallest absolute Gasteiger partial charge is 0.143 e. The molecule has 0 aliphatic heterocycles. The molecule has 10 rings (SSSR count). The minimum atomic E-state index is 0.876. The molecule has 0 fully saturated rings. The molecule has 9 aromatic carbocycles. The molecule has 0 aliphatic carbocycles. The molecule has 0 saturated heterocycles. The van der Waals surface area contributed by atoms with Crippen molar-refractivity contribution >= 4 is 82.1 Å². The second kappa shape index (κ2) is 10.6. The summed E-state index contributed by atoms with van der Waals surface area (Å²) in [6.07, 6.45) is 0. The van der Waals surface area contributed by atoms with Crippen molar-refractivity contribution < 1.29 is 4.42 Å². The lowest BCUT2D eigenvalue weighted by Crippen LogP contribution is -2.10. The first-order valence-corrected chi connectivity index (χ1v) is 16.4. The van der Waals surface area contributed by atoms with Crippen molar-refractivity contribution in [2.75, 3.05) is 4.90 Å². The van der Waals surface area contributed by atoms with Crippen LogP contribution >= 0.6 is 0 Å². The van der Waals surface area contributed by atoms with Gasteiger partial charge in [0.2, 0.25) is 0 Å². The van der Waals surface area contributed by atoms with E-state index in [0.29, 0.717) is 0 Å². The van der Waals surface area contributed by atoms with Crippen molar-refractivity contribution in [2.45, 2.75) is 0 Å². The maximum Gasteiger partial charge on any atom is 0.143 e. The molecule has 0 bridgehead atoms. The zero-order valence-electron chi connectivity index (χ0n) is 26.1. The average molecular weight is 612 g/mol. The van der Waals surface area contributed by atoms with Crippen LogP contribution in [0.5, 0.6) is 0 Å². The van der Waals surface area contributed by atoms with Crippen LogP contribution < -0.4 is 4.90 Å². The van der Waals surface area contributed by atoms with Crippen LogP contribution in [-0.4, -0.2) is 0 Å². The molecule has 2 nitrogen and oxygen atoms in total. The van der Waals surface area contributed by atoms with Crippen molar-refractivity contribution in [3.8, 4) is 11.1 Å². The molecule has 0 amide bonds. The van der Waals surface area contributed by atoms with Gasteiger partial charge in [-0.05, 0) is 79.8 Å². The largest absolute Gasteiger partial charge is 0.455 e. The van der Waals surface area contributed by atoms with Gasteiger partial charge in [0.15, 0.2) is 0 Å². The Labute approximate surface area is 277 Å². The number of hydrogen-bond acceptors (Lipinski definition) is 2. The highest BCUT2D eigenvalue weighted by Gasteiger charge is 2.20. The fourth-order valence-electron chi connectivity index (χ4n) is 7.54. The molecule has 48 heavy (non-hydrogen) atoms. The zero-order chi connectivity index (χ0) is 31.6. The van der Waals surface area contributed by atoms with Crippen molar-refractivity contribution in [3.63, 3.8) is 0 Å². The van der Waals surface area contributed by atoms with Crippen molar-refractivity contribution in [1.82, 2.24) is 0 Å². The van der Waals surface area contributed by atoms with E-state index >= 15 is 0 Å². The first-order valence-electron chi connectivity index (χ1n) is 16.4. The van der Waals surface area contributed by atoms with Crippen LogP contribution in [0.3, 0.4) is 0 Å². The Morgan fingerprint density at radius 3 is 1.75 bits per heavy atom. The van der Waals surface area contributed by atoms with Gasteiger partial charge in [0.25, 0.3) is 0 Å². The minimum Gasteiger partial charge on any atom is -0.455 e. The number of benzene rings is 9. The lowest BCUT2D eigenvalue weighted by atomic mass is 9.94. The van der Waals surface area contributed by atoms with Crippen LogP contribution in [0.2, 0.25) is 0 Å². The molecule has 0 N–H and O–H groups in total. The summed E-state index contributed by atoms with van der Waals surface area (Å²) in [7, 11) is 0. The fraction of sp³-hybridized carbons (Fsp3) is 0. The lowest BCUT2D eigenvalue weighted by molar-refractivity contribution is 0.673. The summed E-state index contributed by atoms with van der Waals surface area (Å²) in [5, 5.41) is 12.0. The number of fused-ring (bicyclic) bond motifs is 10. The van der Waals surface area contributed by atoms with E-state index in [4.69, 9.17) is 4.42 Å². The Morgan fingerprint density at radius 2 is 0.938 bits per heavy atom. The van der Waals surface area contributed by atoms with Crippen LogP contribution in [0, 0.1) is 0 Å². The summed E-state index contributed by atoms with van der Waals surface area (Å²) in [6.45, 7) is 0. The quantitative estimate of drug-likeness (QED) is 0.184. The van der Waals surface area contributed by atoms with Gasteiger partial charge in [-0.25, -0.2) is 0 Å². The van der Waals surface area contributed by atoms with Gasteiger partial charge in [0.05, 0.1) is 5.69 Å². The molecule has 0 radical (unpaired) electrons. The highest BCUT2D eigenvalue weighted by atomic mass is 16.3. The van der Waals surface area contributed by atoms with Crippen LogP contribution in [0.1, 0.15) is 0 Å². The lowest BCUT2D eigenvalue weighted by Gasteiger charge is -2.28. The molecule has 224 valence electrons. The van der Waals surface area contributed by atoms with E-state index in [1.54, 1.807) is 0 Å². The first kappa shape index (κ1) is 26.8. The number of rotatable bonds is 4. The molecule has 1 heterocycles. The van der Waals surface area contributed by atoms with E-state index in [2.05, 4.69) is 181 Å². The van der Waals surface area contributed by atoms with E-state index in [1.807, 2.05) is 0 Å². The molecule has 1 aromatic heterocycles. The number of nitrogens with zero attached hydrogens (tertiary/aromatic N) is 1. The Balaban J connectivity index is 1.24. The average Bonchev–Trinajstić information content (AvgIpc) is 3.54. The maximum absolute atomic E-state index is 6.68. The summed E-state index contributed by atoms with van der Waals surface area (Å²) >= 11 is 0. The predicted octanol–water partition coefficient (Wildman–Crippen LogP) is 13.3. The van der Waals surface area contributed by atoms with Gasteiger partial charge in [0.1, 0.15) is 11.2 Å². The van der Waals surface area contributed by atoms with Gasteiger partial charge in [-0.15, -0.1) is 0 Å². The molecule has 0 atom stereocenters. The van der Waals surface area contributed by atoms with Crippen molar-refractivity contribution in [1.29, 1.82) is 0 Å². The summed E-state index contributed by atoms with van der Waals surface area (Å²) in [5.74, 6) is 0. The van der Waals surface area contributed by atoms with Gasteiger partial charge in [-0.1, -0.05) is 133 Å². The van der Waals surface area contributed by atoms with Crippen LogP contribution in [0.4, 0.5) is 17.1 Å². The first-order chi connectivity index (χ1) is 23.8. The second-order valence-electron chi connectivity index (χ2n) is 12.5. The maximum atomic E-state index is 6.68. The van der Waals surface area contributed by atoms with E-state index < -0.39 is 0 Å². The Morgan fingerprint density at radius 1 is 0.354 bits per heavy atom. The van der Waals surface area contributed by atoms with E-state index in [9.17, 15) is 0 Å². The van der Waals surface area contributed by atoms with Crippen LogP contribution in [0.25, 0.3) is 76.2 Å². The van der Waals surface area contributed by atoms with Gasteiger partial charge in [-0.3, -0.25) is 0 Å². The number of anilines is 3. The Bertz CT molecular complexity index is 2830. The normalized spacial score (nSPS) is 11.8. The fourth-order valence-corrected chi connectivity index (χ4v) is 7.54. The SMILES string of the molecule is c1ccc(-c2ccc(N(c3ccc4c(c3)oc3c5ccccc5ccc43)c3cc4ccc5ccccc5c4c4ccccc34)cc2)cc1. The summed E-state index contributed by atoms with van der Waals surface area (Å²) in [6, 6.07) is 63.3. The van der Waals surface area contributed by atoms with Gasteiger partial charge in [-0.2, -0.15) is 0 Å². The topological polar surface area (TPSA) is 16.4 Å². The molecule has 10 aromatic rings. The predicted molar refractivity (Wildman–Crippen MR) is 204 cm³/mol. The number of furan rings is 1. The third kappa shape index (κ3) is 4.13. The highest BCUT2D eigenvalue weighted by molar-refractivity contribution is 6.24. The van der Waals surface area contributed by atoms with Crippen LogP contribution in [-0.2, 0) is 0 Å². The van der Waals surface area contributed by atoms with Crippen molar-refractivity contribution in [2.24, 2.45) is 0 Å². The van der Waals surface area contributed by atoms with Gasteiger partial charge < -0.3 is 9.32 Å². The summed E-state index contributed by atoms with van der Waals surface area (Å²) < 4.78 is 6.68. The summed E-state index contributed by atoms with van der Waals surface area (Å²) in [4.78, 5) is 2.39. The van der Waals surface area contributed by atoms with Crippen LogP contribution in [0.15, 0.2) is 180 Å². The third-order valence-corrected chi connectivity index (χ3v) is 9.80. The Kier molecular flexibility index (Phi) is 5.91. The minimum absolute atomic E-state index is 0.876. The second-order valence-corrected chi connectivity index (χ2v) is 12.5. The number of hydrogen-bond donors (Lipinski definition) is 0. The Hall–Kier alpha value is -6.38. The molecular formula is C46H29NO. The van der Waals surface area contributed by atoms with E-state index in [-0.39, 0.29) is 0 Å². The molecule has 0 unspecified atom stereocenters.